The molecular formula is C19H16Cl2N2O4S2. The van der Waals surface area contributed by atoms with Crippen molar-refractivity contribution in [3.8, 4) is 5.75 Å². The van der Waals surface area contributed by atoms with Crippen LogP contribution in [-0.2, 0) is 21.2 Å². The molecule has 3 rings (SSSR count). The van der Waals surface area contributed by atoms with E-state index in [-0.39, 0.29) is 33.0 Å². The third-order valence-electron chi connectivity index (χ3n) is 3.84. The molecule has 0 unspecified atom stereocenters. The Kier molecular flexibility index (Phi) is 6.69. The van der Waals surface area contributed by atoms with E-state index in [9.17, 15) is 13.2 Å². The first-order valence-corrected chi connectivity index (χ1v) is 11.4. The van der Waals surface area contributed by atoms with E-state index >= 15 is 0 Å². The van der Waals surface area contributed by atoms with Crippen LogP contribution < -0.4 is 14.8 Å². The number of sulfonamides is 1. The summed E-state index contributed by atoms with van der Waals surface area (Å²) in [5, 5.41) is 5.02. The second-order valence-electron chi connectivity index (χ2n) is 5.90. The highest BCUT2D eigenvalue weighted by Gasteiger charge is 2.18. The smallest absolute Gasteiger partial charge is 0.262 e. The highest BCUT2D eigenvalue weighted by atomic mass is 35.5. The lowest BCUT2D eigenvalue weighted by molar-refractivity contribution is -0.115. The summed E-state index contributed by atoms with van der Waals surface area (Å²) in [7, 11) is -2.54. The molecule has 0 spiro atoms. The number of hydrogen-bond donors (Lipinski definition) is 2. The fourth-order valence-corrected chi connectivity index (χ4v) is 4.64. The van der Waals surface area contributed by atoms with Gasteiger partial charge in [0.15, 0.2) is 0 Å². The van der Waals surface area contributed by atoms with Gasteiger partial charge < -0.3 is 10.1 Å². The van der Waals surface area contributed by atoms with Crippen LogP contribution in [0, 0.1) is 0 Å². The normalized spacial score (nSPS) is 11.1. The number of hydrogen-bond acceptors (Lipinski definition) is 5. The second kappa shape index (κ2) is 9.04. The Morgan fingerprint density at radius 1 is 1.10 bits per heavy atom. The van der Waals surface area contributed by atoms with Gasteiger partial charge in [0.1, 0.15) is 5.75 Å². The van der Waals surface area contributed by atoms with E-state index in [0.717, 1.165) is 4.88 Å². The number of benzene rings is 2. The Morgan fingerprint density at radius 2 is 1.90 bits per heavy atom. The van der Waals surface area contributed by atoms with Crippen molar-refractivity contribution in [3.05, 3.63) is 68.8 Å². The fourth-order valence-electron chi connectivity index (χ4n) is 2.49. The van der Waals surface area contributed by atoms with Crippen molar-refractivity contribution in [1.29, 1.82) is 0 Å². The Labute approximate surface area is 182 Å². The SMILES string of the molecule is COc1ccc(NC(=O)Cc2cccs2)cc1NS(=O)(=O)c1ccc(Cl)c(Cl)c1. The predicted octanol–water partition coefficient (Wildman–Crippen LogP) is 5.05. The van der Waals surface area contributed by atoms with Crippen molar-refractivity contribution in [2.45, 2.75) is 11.3 Å². The summed E-state index contributed by atoms with van der Waals surface area (Å²) in [4.78, 5) is 13.1. The maximum atomic E-state index is 12.7. The number of halogens is 2. The topological polar surface area (TPSA) is 84.5 Å². The van der Waals surface area contributed by atoms with Crippen LogP contribution in [0.4, 0.5) is 11.4 Å². The van der Waals surface area contributed by atoms with Gasteiger partial charge in [0, 0.05) is 10.6 Å². The lowest BCUT2D eigenvalue weighted by atomic mass is 10.2. The van der Waals surface area contributed by atoms with Gasteiger partial charge in [-0.05, 0) is 47.8 Å². The monoisotopic (exact) mass is 470 g/mol. The molecule has 0 bridgehead atoms. The third kappa shape index (κ3) is 5.42. The van der Waals surface area contributed by atoms with Crippen LogP contribution >= 0.6 is 34.5 Å². The predicted molar refractivity (Wildman–Crippen MR) is 117 cm³/mol. The molecule has 10 heteroatoms. The largest absolute Gasteiger partial charge is 0.495 e. The number of carbonyl (C=O) groups is 1. The van der Waals surface area contributed by atoms with Gasteiger partial charge in [-0.15, -0.1) is 11.3 Å². The molecule has 0 atom stereocenters. The van der Waals surface area contributed by atoms with Gasteiger partial charge in [0.05, 0.1) is 34.2 Å². The summed E-state index contributed by atoms with van der Waals surface area (Å²) in [5.41, 5.74) is 0.603. The summed E-state index contributed by atoms with van der Waals surface area (Å²) < 4.78 is 33.1. The number of rotatable bonds is 7. The molecule has 1 heterocycles. The number of thiophene rings is 1. The number of anilines is 2. The number of amides is 1. The molecule has 152 valence electrons. The van der Waals surface area contributed by atoms with Crippen molar-refractivity contribution >= 4 is 61.8 Å². The van der Waals surface area contributed by atoms with Crippen LogP contribution in [0.5, 0.6) is 5.75 Å². The highest BCUT2D eigenvalue weighted by molar-refractivity contribution is 7.92. The van der Waals surface area contributed by atoms with E-state index in [0.29, 0.717) is 11.4 Å². The van der Waals surface area contributed by atoms with Gasteiger partial charge in [-0.1, -0.05) is 29.3 Å². The first-order chi connectivity index (χ1) is 13.8. The Balaban J connectivity index is 1.83. The van der Waals surface area contributed by atoms with Gasteiger partial charge in [-0.25, -0.2) is 8.42 Å². The second-order valence-corrected chi connectivity index (χ2v) is 9.43. The molecule has 0 radical (unpaired) electrons. The lowest BCUT2D eigenvalue weighted by Crippen LogP contribution is -2.16. The van der Waals surface area contributed by atoms with Crippen LogP contribution in [0.3, 0.4) is 0 Å². The maximum absolute atomic E-state index is 12.7. The van der Waals surface area contributed by atoms with Crippen molar-refractivity contribution in [3.63, 3.8) is 0 Å². The first kappa shape index (κ1) is 21.4. The number of nitrogens with one attached hydrogen (secondary N) is 2. The minimum Gasteiger partial charge on any atom is -0.495 e. The Hall–Kier alpha value is -2.26. The molecule has 0 aliphatic rings. The third-order valence-corrected chi connectivity index (χ3v) is 6.82. The summed E-state index contributed by atoms with van der Waals surface area (Å²) >= 11 is 13.3. The number of ether oxygens (including phenoxy) is 1. The molecule has 2 N–H and O–H groups in total. The molecule has 1 amide bonds. The van der Waals surface area contributed by atoms with E-state index < -0.39 is 10.0 Å². The molecule has 29 heavy (non-hydrogen) atoms. The van der Waals surface area contributed by atoms with E-state index in [1.807, 2.05) is 17.5 Å². The van der Waals surface area contributed by atoms with E-state index in [2.05, 4.69) is 10.0 Å². The van der Waals surface area contributed by atoms with Gasteiger partial charge >= 0.3 is 0 Å². The van der Waals surface area contributed by atoms with Crippen molar-refractivity contribution in [2.75, 3.05) is 17.1 Å². The lowest BCUT2D eigenvalue weighted by Gasteiger charge is -2.14. The zero-order valence-corrected chi connectivity index (χ0v) is 18.3. The molecule has 2 aromatic carbocycles. The van der Waals surface area contributed by atoms with Gasteiger partial charge in [0.2, 0.25) is 5.91 Å². The summed E-state index contributed by atoms with van der Waals surface area (Å²) in [6.45, 7) is 0. The van der Waals surface area contributed by atoms with Crippen LogP contribution in [0.15, 0.2) is 58.8 Å². The number of carbonyl (C=O) groups excluding carboxylic acids is 1. The Morgan fingerprint density at radius 3 is 2.55 bits per heavy atom. The van der Waals surface area contributed by atoms with E-state index in [1.54, 1.807) is 12.1 Å². The molecular weight excluding hydrogens is 455 g/mol. The van der Waals surface area contributed by atoms with E-state index in [4.69, 9.17) is 27.9 Å². The van der Waals surface area contributed by atoms with Gasteiger partial charge in [-0.2, -0.15) is 0 Å². The van der Waals surface area contributed by atoms with Crippen molar-refractivity contribution in [2.24, 2.45) is 0 Å². The standard InChI is InChI=1S/C19H16Cl2N2O4S2/c1-27-18-7-4-12(22-19(24)10-13-3-2-8-28-13)9-17(18)23-29(25,26)14-5-6-15(20)16(21)11-14/h2-9,11,23H,10H2,1H3,(H,22,24). The van der Waals surface area contributed by atoms with Crippen LogP contribution in [0.25, 0.3) is 0 Å². The first-order valence-electron chi connectivity index (χ1n) is 8.26. The van der Waals surface area contributed by atoms with Gasteiger partial charge in [-0.3, -0.25) is 9.52 Å². The Bertz CT molecular complexity index is 1130. The van der Waals surface area contributed by atoms with Crippen LogP contribution in [0.1, 0.15) is 4.88 Å². The average Bonchev–Trinajstić information content (AvgIpc) is 3.16. The molecule has 3 aromatic rings. The molecule has 1 aromatic heterocycles. The maximum Gasteiger partial charge on any atom is 0.262 e. The van der Waals surface area contributed by atoms with Crippen molar-refractivity contribution in [1.82, 2.24) is 0 Å². The summed E-state index contributed by atoms with van der Waals surface area (Å²) in [5.74, 6) is 0.0841. The minimum atomic E-state index is -3.96. The molecule has 0 saturated carbocycles. The summed E-state index contributed by atoms with van der Waals surface area (Å²) in [6.07, 6.45) is 0.230. The summed E-state index contributed by atoms with van der Waals surface area (Å²) in [6, 6.07) is 12.4. The average molecular weight is 471 g/mol. The highest BCUT2D eigenvalue weighted by Crippen LogP contribution is 2.31. The molecule has 6 nitrogen and oxygen atoms in total. The zero-order chi connectivity index (χ0) is 21.0. The molecule has 0 aliphatic carbocycles. The van der Waals surface area contributed by atoms with E-state index in [1.165, 1.54) is 42.7 Å². The number of methoxy groups -OCH3 is 1. The minimum absolute atomic E-state index is 0.0545. The molecule has 0 aliphatic heterocycles. The quantitative estimate of drug-likeness (QED) is 0.506. The fraction of sp³-hybridized carbons (Fsp3) is 0.105. The van der Waals surface area contributed by atoms with Gasteiger partial charge in [0.25, 0.3) is 10.0 Å². The zero-order valence-electron chi connectivity index (χ0n) is 15.1. The van der Waals surface area contributed by atoms with Crippen LogP contribution in [-0.4, -0.2) is 21.4 Å². The van der Waals surface area contributed by atoms with Crippen molar-refractivity contribution < 1.29 is 17.9 Å². The van der Waals surface area contributed by atoms with Crippen LogP contribution in [0.2, 0.25) is 10.0 Å². The molecule has 0 fully saturated rings. The molecule has 0 saturated heterocycles.